The molecule has 1 unspecified atom stereocenters. The van der Waals surface area contributed by atoms with Crippen molar-refractivity contribution >= 4 is 11.8 Å². The largest absolute Gasteiger partial charge is 0.490 e. The Labute approximate surface area is 131 Å². The minimum atomic E-state index is 0.225. The van der Waals surface area contributed by atoms with Crippen LogP contribution < -0.4 is 14.8 Å². The fraction of sp³-hybridized carbons (Fsp3) is 0.625. The minimum Gasteiger partial charge on any atom is -0.490 e. The van der Waals surface area contributed by atoms with E-state index in [0.29, 0.717) is 12.6 Å². The van der Waals surface area contributed by atoms with Crippen LogP contribution in [0.3, 0.4) is 0 Å². The molecular weight excluding hydrogens is 286 g/mol. The van der Waals surface area contributed by atoms with Crippen molar-refractivity contribution < 1.29 is 14.6 Å². The molecule has 0 amide bonds. The van der Waals surface area contributed by atoms with Crippen molar-refractivity contribution in [1.29, 1.82) is 0 Å². The van der Waals surface area contributed by atoms with Gasteiger partial charge < -0.3 is 19.9 Å². The molecule has 0 fully saturated rings. The Bertz CT molecular complexity index is 428. The van der Waals surface area contributed by atoms with E-state index >= 15 is 0 Å². The molecule has 0 radical (unpaired) electrons. The van der Waals surface area contributed by atoms with Crippen LogP contribution in [0, 0.1) is 0 Å². The lowest BCUT2D eigenvalue weighted by molar-refractivity contribution is 0.270. The maximum Gasteiger partial charge on any atom is 0.162 e. The Morgan fingerprint density at radius 3 is 2.86 bits per heavy atom. The van der Waals surface area contributed by atoms with Gasteiger partial charge in [-0.25, -0.2) is 0 Å². The van der Waals surface area contributed by atoms with Gasteiger partial charge in [0.2, 0.25) is 0 Å². The highest BCUT2D eigenvalue weighted by molar-refractivity contribution is 7.99. The number of aliphatic hydroxyl groups is 1. The smallest absolute Gasteiger partial charge is 0.162 e. The molecule has 0 saturated carbocycles. The fourth-order valence-corrected chi connectivity index (χ4v) is 3.21. The van der Waals surface area contributed by atoms with Crippen molar-refractivity contribution in [3.8, 4) is 11.5 Å². The molecule has 0 saturated heterocycles. The average molecular weight is 311 g/mol. The number of hydrogen-bond acceptors (Lipinski definition) is 5. The van der Waals surface area contributed by atoms with Crippen LogP contribution in [0.15, 0.2) is 23.1 Å². The number of hydrogen-bond donors (Lipinski definition) is 2. The van der Waals surface area contributed by atoms with Gasteiger partial charge in [0.05, 0.1) is 13.2 Å². The first-order valence-electron chi connectivity index (χ1n) is 7.70. The van der Waals surface area contributed by atoms with E-state index in [-0.39, 0.29) is 6.61 Å². The Morgan fingerprint density at radius 1 is 1.29 bits per heavy atom. The van der Waals surface area contributed by atoms with Gasteiger partial charge in [0.15, 0.2) is 11.5 Å². The van der Waals surface area contributed by atoms with E-state index in [2.05, 4.69) is 24.4 Å². The van der Waals surface area contributed by atoms with Gasteiger partial charge in [0.25, 0.3) is 0 Å². The third kappa shape index (κ3) is 5.41. The summed E-state index contributed by atoms with van der Waals surface area (Å²) in [5.74, 6) is 2.63. The van der Waals surface area contributed by atoms with Crippen molar-refractivity contribution in [3.63, 3.8) is 0 Å². The number of nitrogens with one attached hydrogen (secondary N) is 1. The summed E-state index contributed by atoms with van der Waals surface area (Å²) in [5.41, 5.74) is 0. The highest BCUT2D eigenvalue weighted by Crippen LogP contribution is 2.34. The quantitative estimate of drug-likeness (QED) is 0.723. The van der Waals surface area contributed by atoms with Crippen LogP contribution in [-0.4, -0.2) is 43.3 Å². The van der Waals surface area contributed by atoms with Crippen LogP contribution in [0.25, 0.3) is 0 Å². The second-order valence-corrected chi connectivity index (χ2v) is 6.23. The van der Waals surface area contributed by atoms with Crippen molar-refractivity contribution in [2.75, 3.05) is 32.1 Å². The van der Waals surface area contributed by atoms with Crippen LogP contribution in [0.4, 0.5) is 0 Å². The van der Waals surface area contributed by atoms with Crippen LogP contribution in [0.2, 0.25) is 0 Å². The van der Waals surface area contributed by atoms with Crippen molar-refractivity contribution in [2.45, 2.75) is 37.1 Å². The fourth-order valence-electron chi connectivity index (χ4n) is 2.18. The molecule has 1 atom stereocenters. The normalized spacial score (nSPS) is 15.5. The molecule has 1 aliphatic heterocycles. The molecule has 5 heteroatoms. The Kier molecular flexibility index (Phi) is 7.19. The van der Waals surface area contributed by atoms with Crippen LogP contribution in [-0.2, 0) is 0 Å². The van der Waals surface area contributed by atoms with Gasteiger partial charge >= 0.3 is 0 Å². The van der Waals surface area contributed by atoms with Gasteiger partial charge in [-0.05, 0) is 37.6 Å². The van der Waals surface area contributed by atoms with E-state index in [4.69, 9.17) is 14.6 Å². The van der Waals surface area contributed by atoms with Gasteiger partial charge in [0.1, 0.15) is 0 Å². The average Bonchev–Trinajstić information content (AvgIpc) is 2.74. The van der Waals surface area contributed by atoms with Gasteiger partial charge in [-0.15, -0.1) is 11.8 Å². The summed E-state index contributed by atoms with van der Waals surface area (Å²) < 4.78 is 11.4. The molecule has 0 bridgehead atoms. The maximum absolute atomic E-state index is 9.14. The first-order chi connectivity index (χ1) is 10.3. The molecule has 21 heavy (non-hydrogen) atoms. The lowest BCUT2D eigenvalue weighted by Gasteiger charge is -2.17. The number of aliphatic hydroxyl groups excluding tert-OH is 1. The Balaban J connectivity index is 1.91. The van der Waals surface area contributed by atoms with Gasteiger partial charge in [-0.1, -0.05) is 6.92 Å². The maximum atomic E-state index is 9.14. The molecular formula is C16H25NO3S. The SMILES string of the molecule is CCCNC(CCO)CSc1ccc2c(c1)OCCCO2. The molecule has 1 heterocycles. The van der Waals surface area contributed by atoms with Crippen LogP contribution in [0.1, 0.15) is 26.2 Å². The standard InChI is InChI=1S/C16H25NO3S/c1-2-7-17-13(6-8-18)12-21-14-4-5-15-16(11-14)20-10-3-9-19-15/h4-5,11,13,17-18H,2-3,6-10,12H2,1H3. The Hall–Kier alpha value is -0.910. The summed E-state index contributed by atoms with van der Waals surface area (Å²) in [6.45, 7) is 4.81. The van der Waals surface area contributed by atoms with E-state index < -0.39 is 0 Å². The van der Waals surface area contributed by atoms with E-state index in [9.17, 15) is 0 Å². The van der Waals surface area contributed by atoms with E-state index in [1.807, 2.05) is 6.07 Å². The van der Waals surface area contributed by atoms with Crippen molar-refractivity contribution in [2.24, 2.45) is 0 Å². The molecule has 4 nitrogen and oxygen atoms in total. The third-order valence-corrected chi connectivity index (χ3v) is 4.49. The zero-order valence-electron chi connectivity index (χ0n) is 12.6. The number of rotatable bonds is 8. The minimum absolute atomic E-state index is 0.225. The van der Waals surface area contributed by atoms with Crippen molar-refractivity contribution in [3.05, 3.63) is 18.2 Å². The van der Waals surface area contributed by atoms with Crippen LogP contribution in [0.5, 0.6) is 11.5 Å². The molecule has 1 aromatic rings. The summed E-state index contributed by atoms with van der Waals surface area (Å²) in [6, 6.07) is 6.47. The lowest BCUT2D eigenvalue weighted by Crippen LogP contribution is -2.32. The second kappa shape index (κ2) is 9.18. The lowest BCUT2D eigenvalue weighted by atomic mass is 10.2. The topological polar surface area (TPSA) is 50.7 Å². The third-order valence-electron chi connectivity index (χ3n) is 3.33. The number of thioether (sulfide) groups is 1. The molecule has 0 aliphatic carbocycles. The number of benzene rings is 1. The first kappa shape index (κ1) is 16.5. The second-order valence-electron chi connectivity index (χ2n) is 5.13. The van der Waals surface area contributed by atoms with Crippen LogP contribution >= 0.6 is 11.8 Å². The van der Waals surface area contributed by atoms with Crippen molar-refractivity contribution in [1.82, 2.24) is 5.32 Å². The summed E-state index contributed by atoms with van der Waals surface area (Å²) in [4.78, 5) is 1.18. The van der Waals surface area contributed by atoms with Gasteiger partial charge in [-0.2, -0.15) is 0 Å². The van der Waals surface area contributed by atoms with E-state index in [1.165, 1.54) is 4.90 Å². The summed E-state index contributed by atoms with van der Waals surface area (Å²) >= 11 is 1.79. The highest BCUT2D eigenvalue weighted by Gasteiger charge is 2.12. The molecule has 2 rings (SSSR count). The zero-order chi connectivity index (χ0) is 14.9. The molecule has 1 aliphatic rings. The first-order valence-corrected chi connectivity index (χ1v) is 8.68. The molecule has 2 N–H and O–H groups in total. The summed E-state index contributed by atoms with van der Waals surface area (Å²) in [7, 11) is 0. The summed E-state index contributed by atoms with van der Waals surface area (Å²) in [5, 5.41) is 12.6. The number of fused-ring (bicyclic) bond motifs is 1. The molecule has 0 spiro atoms. The van der Waals surface area contributed by atoms with Gasteiger partial charge in [-0.3, -0.25) is 0 Å². The molecule has 118 valence electrons. The van der Waals surface area contributed by atoms with Gasteiger partial charge in [0, 0.05) is 29.7 Å². The predicted molar refractivity (Wildman–Crippen MR) is 86.6 cm³/mol. The Morgan fingerprint density at radius 2 is 2.10 bits per heavy atom. The number of ether oxygens (including phenoxy) is 2. The monoisotopic (exact) mass is 311 g/mol. The highest BCUT2D eigenvalue weighted by atomic mass is 32.2. The van der Waals surface area contributed by atoms with E-state index in [0.717, 1.165) is 49.7 Å². The summed E-state index contributed by atoms with van der Waals surface area (Å²) in [6.07, 6.45) is 2.82. The predicted octanol–water partition coefficient (Wildman–Crippen LogP) is 2.69. The zero-order valence-corrected chi connectivity index (χ0v) is 13.5. The molecule has 1 aromatic carbocycles. The molecule has 0 aromatic heterocycles. The van der Waals surface area contributed by atoms with E-state index in [1.54, 1.807) is 11.8 Å².